The van der Waals surface area contributed by atoms with Crippen molar-refractivity contribution in [2.75, 3.05) is 70.5 Å². The minimum atomic E-state index is -0.804. The summed E-state index contributed by atoms with van der Waals surface area (Å²) in [6, 6.07) is 5.44. The van der Waals surface area contributed by atoms with Crippen LogP contribution in [0.3, 0.4) is 0 Å². The van der Waals surface area contributed by atoms with Crippen molar-refractivity contribution >= 4 is 11.8 Å². The van der Waals surface area contributed by atoms with Crippen LogP contribution in [-0.4, -0.2) is 121 Å². The fraction of sp³-hybridized carbons (Fsp3) is 0.700. The monoisotopic (exact) mass is 421 g/mol. The first-order valence-electron chi connectivity index (χ1n) is 10.6. The average Bonchev–Trinajstić information content (AvgIpc) is 3.14. The number of pyridine rings is 1. The summed E-state index contributed by atoms with van der Waals surface area (Å²) in [5.74, 6) is 0.947. The molecule has 10 nitrogen and oxygen atoms in total. The van der Waals surface area contributed by atoms with Crippen LogP contribution in [0.1, 0.15) is 0 Å². The second kappa shape index (κ2) is 9.88. The molecule has 0 saturated carbocycles. The number of ether oxygens (including phenoxy) is 2. The van der Waals surface area contributed by atoms with E-state index >= 15 is 0 Å². The first-order chi connectivity index (χ1) is 14.7. The SMILES string of the molecule is O=C(NCC1OC(CO)C(O)C1N1CCN(c2ccccn2)CC1)N1CCOCC1. The smallest absolute Gasteiger partial charge is 0.317 e. The number of nitrogens with zero attached hydrogens (tertiary/aromatic N) is 4. The fourth-order valence-corrected chi connectivity index (χ4v) is 4.45. The molecular formula is C20H31N5O5. The fourth-order valence-electron chi connectivity index (χ4n) is 4.45. The molecule has 1 aromatic rings. The van der Waals surface area contributed by atoms with E-state index in [1.807, 2.05) is 18.2 Å². The number of nitrogens with one attached hydrogen (secondary N) is 1. The number of amides is 2. The van der Waals surface area contributed by atoms with Gasteiger partial charge in [-0.05, 0) is 12.1 Å². The Labute approximate surface area is 176 Å². The van der Waals surface area contributed by atoms with Gasteiger partial charge in [0.1, 0.15) is 18.0 Å². The van der Waals surface area contributed by atoms with Gasteiger partial charge in [-0.25, -0.2) is 9.78 Å². The number of aliphatic hydroxyl groups is 2. The highest BCUT2D eigenvalue weighted by Gasteiger charge is 2.46. The number of urea groups is 1. The Morgan fingerprint density at radius 1 is 1.13 bits per heavy atom. The minimum Gasteiger partial charge on any atom is -0.394 e. The van der Waals surface area contributed by atoms with Crippen molar-refractivity contribution in [2.24, 2.45) is 0 Å². The molecule has 0 aliphatic carbocycles. The summed E-state index contributed by atoms with van der Waals surface area (Å²) >= 11 is 0. The molecule has 3 N–H and O–H groups in total. The first-order valence-corrected chi connectivity index (χ1v) is 10.6. The molecule has 3 aliphatic rings. The van der Waals surface area contributed by atoms with E-state index in [4.69, 9.17) is 9.47 Å². The zero-order valence-corrected chi connectivity index (χ0v) is 17.1. The molecule has 0 bridgehead atoms. The zero-order valence-electron chi connectivity index (χ0n) is 17.1. The second-order valence-electron chi connectivity index (χ2n) is 7.87. The molecule has 2 amide bonds. The van der Waals surface area contributed by atoms with Crippen LogP contribution in [0, 0.1) is 0 Å². The first kappa shape index (κ1) is 21.3. The third-order valence-electron chi connectivity index (χ3n) is 6.10. The van der Waals surface area contributed by atoms with Gasteiger partial charge in [0.15, 0.2) is 0 Å². The van der Waals surface area contributed by atoms with Gasteiger partial charge in [-0.2, -0.15) is 0 Å². The molecule has 0 aromatic carbocycles. The molecule has 1 aromatic heterocycles. The maximum atomic E-state index is 12.4. The van der Waals surface area contributed by atoms with Crippen molar-refractivity contribution in [2.45, 2.75) is 24.4 Å². The standard InChI is InChI=1S/C20H31N5O5/c26-14-16-19(27)18(15(30-16)13-22-20(28)25-9-11-29-12-10-25)24-7-5-23(6-8-24)17-3-1-2-4-21-17/h1-4,15-16,18-19,26-27H,5-14H2,(H,22,28). The Morgan fingerprint density at radius 3 is 2.57 bits per heavy atom. The second-order valence-corrected chi connectivity index (χ2v) is 7.87. The largest absolute Gasteiger partial charge is 0.394 e. The van der Waals surface area contributed by atoms with Gasteiger partial charge in [-0.3, -0.25) is 4.90 Å². The van der Waals surface area contributed by atoms with Gasteiger partial charge in [0.25, 0.3) is 0 Å². The Balaban J connectivity index is 1.35. The molecule has 4 heterocycles. The van der Waals surface area contributed by atoms with E-state index in [1.165, 1.54) is 0 Å². The van der Waals surface area contributed by atoms with E-state index in [9.17, 15) is 15.0 Å². The quantitative estimate of drug-likeness (QED) is 0.540. The van der Waals surface area contributed by atoms with Crippen LogP contribution in [0.4, 0.5) is 10.6 Å². The molecule has 0 radical (unpaired) electrons. The van der Waals surface area contributed by atoms with Crippen molar-refractivity contribution in [1.29, 1.82) is 0 Å². The molecule has 3 fully saturated rings. The molecule has 10 heteroatoms. The molecule has 4 atom stereocenters. The molecule has 30 heavy (non-hydrogen) atoms. The van der Waals surface area contributed by atoms with Crippen molar-refractivity contribution in [3.05, 3.63) is 24.4 Å². The lowest BCUT2D eigenvalue weighted by molar-refractivity contribution is -0.0211. The topological polar surface area (TPSA) is 111 Å². The van der Waals surface area contributed by atoms with Crippen LogP contribution in [0.2, 0.25) is 0 Å². The van der Waals surface area contributed by atoms with Gasteiger partial charge in [-0.15, -0.1) is 0 Å². The summed E-state index contributed by atoms with van der Waals surface area (Å²) in [5.41, 5.74) is 0. The molecule has 4 rings (SSSR count). The highest BCUT2D eigenvalue weighted by atomic mass is 16.5. The maximum absolute atomic E-state index is 12.4. The van der Waals surface area contributed by atoms with Gasteiger partial charge < -0.3 is 34.8 Å². The van der Waals surface area contributed by atoms with E-state index in [-0.39, 0.29) is 31.3 Å². The molecule has 4 unspecified atom stereocenters. The third kappa shape index (κ3) is 4.68. The van der Waals surface area contributed by atoms with Crippen LogP contribution in [-0.2, 0) is 9.47 Å². The number of anilines is 1. The van der Waals surface area contributed by atoms with Crippen LogP contribution in [0.25, 0.3) is 0 Å². The number of carbonyl (C=O) groups is 1. The number of aromatic nitrogens is 1. The van der Waals surface area contributed by atoms with E-state index in [0.29, 0.717) is 26.3 Å². The van der Waals surface area contributed by atoms with Crippen LogP contribution in [0.15, 0.2) is 24.4 Å². The Kier molecular flexibility index (Phi) is 7.00. The molecule has 166 valence electrons. The van der Waals surface area contributed by atoms with Crippen molar-refractivity contribution in [3.63, 3.8) is 0 Å². The lowest BCUT2D eigenvalue weighted by Crippen LogP contribution is -2.58. The maximum Gasteiger partial charge on any atom is 0.317 e. The summed E-state index contributed by atoms with van der Waals surface area (Å²) < 4.78 is 11.2. The normalized spacial score (nSPS) is 30.5. The van der Waals surface area contributed by atoms with Crippen LogP contribution >= 0.6 is 0 Å². The van der Waals surface area contributed by atoms with Gasteiger partial charge >= 0.3 is 6.03 Å². The highest BCUT2D eigenvalue weighted by molar-refractivity contribution is 5.74. The lowest BCUT2D eigenvalue weighted by atomic mass is 10.0. The van der Waals surface area contributed by atoms with E-state index in [2.05, 4.69) is 20.1 Å². The minimum absolute atomic E-state index is 0.150. The number of morpholine rings is 1. The number of piperazine rings is 1. The summed E-state index contributed by atoms with van der Waals surface area (Å²) in [4.78, 5) is 23.0. The van der Waals surface area contributed by atoms with Gasteiger partial charge in [0, 0.05) is 52.0 Å². The molecule has 0 spiro atoms. The summed E-state index contributed by atoms with van der Waals surface area (Å²) in [6.45, 7) is 5.32. The van der Waals surface area contributed by atoms with Gasteiger partial charge in [0.2, 0.25) is 0 Å². The van der Waals surface area contributed by atoms with Gasteiger partial charge in [0.05, 0.1) is 32.0 Å². The summed E-state index contributed by atoms with van der Waals surface area (Å²) in [7, 11) is 0. The molecule has 3 saturated heterocycles. The van der Waals surface area contributed by atoms with E-state index in [0.717, 1.165) is 32.0 Å². The van der Waals surface area contributed by atoms with Crippen molar-refractivity contribution < 1.29 is 24.5 Å². The Bertz CT molecular complexity index is 681. The number of rotatable bonds is 5. The zero-order chi connectivity index (χ0) is 20.9. The van der Waals surface area contributed by atoms with E-state index < -0.39 is 12.2 Å². The number of hydrogen-bond donors (Lipinski definition) is 3. The average molecular weight is 421 g/mol. The summed E-state index contributed by atoms with van der Waals surface area (Å²) in [5, 5.41) is 23.3. The molecule has 3 aliphatic heterocycles. The van der Waals surface area contributed by atoms with Crippen LogP contribution in [0.5, 0.6) is 0 Å². The van der Waals surface area contributed by atoms with E-state index in [1.54, 1.807) is 11.1 Å². The lowest BCUT2D eigenvalue weighted by Gasteiger charge is -2.40. The van der Waals surface area contributed by atoms with Crippen molar-refractivity contribution in [3.8, 4) is 0 Å². The summed E-state index contributed by atoms with van der Waals surface area (Å²) in [6.07, 6.45) is -0.0469. The van der Waals surface area contributed by atoms with Crippen LogP contribution < -0.4 is 10.2 Å². The van der Waals surface area contributed by atoms with Crippen molar-refractivity contribution in [1.82, 2.24) is 20.1 Å². The molecular weight excluding hydrogens is 390 g/mol. The highest BCUT2D eigenvalue weighted by Crippen LogP contribution is 2.27. The Hall–Kier alpha value is -1.98. The third-order valence-corrected chi connectivity index (χ3v) is 6.10. The number of carbonyl (C=O) groups excluding carboxylic acids is 1. The predicted octanol–water partition coefficient (Wildman–Crippen LogP) is -1.27. The predicted molar refractivity (Wildman–Crippen MR) is 109 cm³/mol. The van der Waals surface area contributed by atoms with Gasteiger partial charge in [-0.1, -0.05) is 6.07 Å². The number of hydrogen-bond acceptors (Lipinski definition) is 8. The number of aliphatic hydroxyl groups excluding tert-OH is 2. The Morgan fingerprint density at radius 2 is 1.90 bits per heavy atom.